The second kappa shape index (κ2) is 9.27. The third-order valence-electron chi connectivity index (χ3n) is 5.76. The molecular formula is C26H24N3O5S+. The maximum absolute atomic E-state index is 13.1. The van der Waals surface area contributed by atoms with Crippen molar-refractivity contribution in [3.63, 3.8) is 0 Å². The van der Waals surface area contributed by atoms with E-state index in [-0.39, 0.29) is 12.1 Å². The van der Waals surface area contributed by atoms with Crippen LogP contribution in [0.25, 0.3) is 23.3 Å². The van der Waals surface area contributed by atoms with Gasteiger partial charge in [0.1, 0.15) is 4.66 Å². The Morgan fingerprint density at radius 1 is 1.09 bits per heavy atom. The van der Waals surface area contributed by atoms with E-state index >= 15 is 0 Å². The molecule has 8 nitrogen and oxygen atoms in total. The minimum Gasteiger partial charge on any atom is -0.477 e. The maximum Gasteiger partial charge on any atom is 0.377 e. The lowest BCUT2D eigenvalue weighted by Crippen LogP contribution is -2.40. The van der Waals surface area contributed by atoms with E-state index in [1.54, 1.807) is 27.4 Å². The Bertz CT molecular complexity index is 1640. The van der Waals surface area contributed by atoms with Crippen LogP contribution in [0.4, 0.5) is 5.69 Å². The molecule has 0 amide bonds. The van der Waals surface area contributed by atoms with Crippen molar-refractivity contribution in [2.45, 2.75) is 26.9 Å². The van der Waals surface area contributed by atoms with Gasteiger partial charge in [0.05, 0.1) is 16.3 Å². The second-order valence-electron chi connectivity index (χ2n) is 7.87. The van der Waals surface area contributed by atoms with Gasteiger partial charge in [0.15, 0.2) is 5.75 Å². The van der Waals surface area contributed by atoms with Crippen molar-refractivity contribution in [3.8, 4) is 5.75 Å². The van der Waals surface area contributed by atoms with Gasteiger partial charge in [-0.05, 0) is 38.1 Å². The van der Waals surface area contributed by atoms with E-state index in [1.807, 2.05) is 67.3 Å². The molecule has 0 unspecified atom stereocenters. The molecule has 178 valence electrons. The molecule has 0 saturated heterocycles. The number of aromatic nitrogens is 2. The van der Waals surface area contributed by atoms with Gasteiger partial charge in [-0.1, -0.05) is 24.3 Å². The molecule has 0 radical (unpaired) electrons. The molecule has 3 heterocycles. The molecule has 1 aliphatic heterocycles. The summed E-state index contributed by atoms with van der Waals surface area (Å²) in [6, 6.07) is 15.1. The average Bonchev–Trinajstić information content (AvgIpc) is 3.48. The molecule has 35 heavy (non-hydrogen) atoms. The van der Waals surface area contributed by atoms with E-state index in [0.29, 0.717) is 38.6 Å². The van der Waals surface area contributed by atoms with Crippen LogP contribution < -0.4 is 29.0 Å². The first kappa shape index (κ1) is 22.7. The van der Waals surface area contributed by atoms with Crippen LogP contribution in [-0.4, -0.2) is 22.2 Å². The number of nitrogens with zero attached hydrogens (tertiary/aromatic N) is 3. The quantitative estimate of drug-likeness (QED) is 0.418. The lowest BCUT2D eigenvalue weighted by atomic mass is 10.3. The largest absolute Gasteiger partial charge is 0.477 e. The minimum absolute atomic E-state index is 0.125. The SMILES string of the molecule is CCN1C(=CC=c2sc(=Cc3oc4ccccc4[n+]3CC(=O)O)n(CC)c2=O)Oc2ccccc21. The summed E-state index contributed by atoms with van der Waals surface area (Å²) in [4.78, 5) is 26.7. The standard InChI is InChI=1S/C26H23N3O5S/c1-3-27-17-9-5-7-11-19(17)33-22(27)14-13-21-26(32)28(4-2)24(35-21)15-23-29(16-25(30)31)18-10-6-8-12-20(18)34-23/h5-15H,3-4,16H2,1-2H3/p+1. The highest BCUT2D eigenvalue weighted by Crippen LogP contribution is 2.38. The number of aliphatic carboxylic acids is 1. The number of carboxylic acids is 1. The molecule has 5 rings (SSSR count). The number of allylic oxidation sites excluding steroid dienone is 1. The van der Waals surface area contributed by atoms with Crippen LogP contribution in [0.5, 0.6) is 5.75 Å². The predicted molar refractivity (Wildman–Crippen MR) is 134 cm³/mol. The monoisotopic (exact) mass is 490 g/mol. The summed E-state index contributed by atoms with van der Waals surface area (Å²) in [5, 5.41) is 9.41. The van der Waals surface area contributed by atoms with E-state index in [0.717, 1.165) is 18.0 Å². The first-order chi connectivity index (χ1) is 17.0. The summed E-state index contributed by atoms with van der Waals surface area (Å²) in [5.74, 6) is 0.836. The number of para-hydroxylation sites is 4. The highest BCUT2D eigenvalue weighted by atomic mass is 32.1. The Kier molecular flexibility index (Phi) is 6.00. The normalized spacial score (nSPS) is 15.3. The van der Waals surface area contributed by atoms with Crippen molar-refractivity contribution >= 4 is 46.2 Å². The summed E-state index contributed by atoms with van der Waals surface area (Å²) >= 11 is 1.32. The number of hydrogen-bond donors (Lipinski definition) is 1. The Morgan fingerprint density at radius 3 is 2.63 bits per heavy atom. The zero-order valence-corrected chi connectivity index (χ0v) is 20.1. The van der Waals surface area contributed by atoms with Gasteiger partial charge in [-0.15, -0.1) is 15.9 Å². The van der Waals surface area contributed by atoms with E-state index in [1.165, 1.54) is 11.3 Å². The molecule has 0 saturated carbocycles. The molecular weight excluding hydrogens is 466 g/mol. The number of oxazole rings is 1. The fraction of sp³-hybridized carbons (Fsp3) is 0.192. The maximum atomic E-state index is 13.1. The summed E-state index contributed by atoms with van der Waals surface area (Å²) in [7, 11) is 0. The van der Waals surface area contributed by atoms with Gasteiger partial charge in [-0.25, -0.2) is 4.79 Å². The Labute approximate surface area is 204 Å². The van der Waals surface area contributed by atoms with Crippen LogP contribution in [-0.2, 0) is 17.9 Å². The van der Waals surface area contributed by atoms with Gasteiger partial charge in [0.2, 0.25) is 18.0 Å². The van der Waals surface area contributed by atoms with Crippen molar-refractivity contribution in [2.75, 3.05) is 11.4 Å². The molecule has 0 aliphatic carbocycles. The number of rotatable bonds is 6. The van der Waals surface area contributed by atoms with Gasteiger partial charge in [0.25, 0.3) is 11.1 Å². The number of carboxylic acid groups (broad SMARTS) is 1. The third-order valence-corrected chi connectivity index (χ3v) is 6.84. The molecule has 1 N–H and O–H groups in total. The molecule has 4 aromatic rings. The number of ether oxygens (including phenoxy) is 1. The number of hydrogen-bond acceptors (Lipinski definition) is 6. The molecule has 0 fully saturated rings. The lowest BCUT2D eigenvalue weighted by Gasteiger charge is -2.14. The van der Waals surface area contributed by atoms with E-state index in [4.69, 9.17) is 9.15 Å². The molecule has 9 heteroatoms. The zero-order chi connectivity index (χ0) is 24.5. The van der Waals surface area contributed by atoms with Crippen LogP contribution >= 0.6 is 11.3 Å². The number of carbonyl (C=O) groups is 1. The van der Waals surface area contributed by atoms with Crippen molar-refractivity contribution in [2.24, 2.45) is 0 Å². The summed E-state index contributed by atoms with van der Waals surface area (Å²) < 4.78 is 16.4. The first-order valence-electron chi connectivity index (χ1n) is 11.3. The topological polar surface area (TPSA) is 88.8 Å². The van der Waals surface area contributed by atoms with Crippen LogP contribution in [0.15, 0.2) is 69.7 Å². The lowest BCUT2D eigenvalue weighted by molar-refractivity contribution is -0.666. The Balaban J connectivity index is 1.61. The van der Waals surface area contributed by atoms with E-state index in [2.05, 4.69) is 0 Å². The number of fused-ring (bicyclic) bond motifs is 2. The van der Waals surface area contributed by atoms with Crippen LogP contribution in [0.2, 0.25) is 0 Å². The number of anilines is 1. The van der Waals surface area contributed by atoms with Crippen LogP contribution in [0.3, 0.4) is 0 Å². The van der Waals surface area contributed by atoms with Crippen molar-refractivity contribution < 1.29 is 23.6 Å². The van der Waals surface area contributed by atoms with Gasteiger partial charge in [-0.2, -0.15) is 0 Å². The third kappa shape index (κ3) is 4.15. The van der Waals surface area contributed by atoms with Gasteiger partial charge < -0.3 is 19.2 Å². The highest BCUT2D eigenvalue weighted by molar-refractivity contribution is 7.07. The predicted octanol–water partition coefficient (Wildman–Crippen LogP) is 2.42. The summed E-state index contributed by atoms with van der Waals surface area (Å²) in [6.07, 6.45) is 5.31. The van der Waals surface area contributed by atoms with Crippen LogP contribution in [0, 0.1) is 0 Å². The van der Waals surface area contributed by atoms with Crippen molar-refractivity contribution in [1.82, 2.24) is 4.57 Å². The van der Waals surface area contributed by atoms with Gasteiger partial charge >= 0.3 is 11.9 Å². The molecule has 0 bridgehead atoms. The van der Waals surface area contributed by atoms with Gasteiger partial charge in [-0.3, -0.25) is 9.36 Å². The molecule has 1 aliphatic rings. The Hall–Kier alpha value is -4.11. The summed E-state index contributed by atoms with van der Waals surface area (Å²) in [6.45, 7) is 4.89. The average molecular weight is 491 g/mol. The van der Waals surface area contributed by atoms with Crippen molar-refractivity contribution in [3.05, 3.63) is 85.9 Å². The van der Waals surface area contributed by atoms with E-state index in [9.17, 15) is 14.7 Å². The van der Waals surface area contributed by atoms with Gasteiger partial charge in [0, 0.05) is 25.2 Å². The Morgan fingerprint density at radius 2 is 1.86 bits per heavy atom. The first-order valence-corrected chi connectivity index (χ1v) is 12.1. The number of thiazole rings is 1. The molecule has 2 aromatic carbocycles. The molecule has 0 atom stereocenters. The number of benzene rings is 2. The van der Waals surface area contributed by atoms with Crippen molar-refractivity contribution in [1.29, 1.82) is 0 Å². The summed E-state index contributed by atoms with van der Waals surface area (Å²) in [5.41, 5.74) is 2.13. The minimum atomic E-state index is -0.978. The van der Waals surface area contributed by atoms with E-state index < -0.39 is 5.97 Å². The molecule has 2 aromatic heterocycles. The zero-order valence-electron chi connectivity index (χ0n) is 19.3. The molecule has 0 spiro atoms. The van der Waals surface area contributed by atoms with Crippen LogP contribution in [0.1, 0.15) is 19.7 Å². The fourth-order valence-corrected chi connectivity index (χ4v) is 5.21. The fourth-order valence-electron chi connectivity index (χ4n) is 4.17. The second-order valence-corrected chi connectivity index (χ2v) is 8.93. The smallest absolute Gasteiger partial charge is 0.377 e. The highest BCUT2D eigenvalue weighted by Gasteiger charge is 2.25.